The third-order valence-corrected chi connectivity index (χ3v) is 8.25. The van der Waals surface area contributed by atoms with E-state index >= 15 is 0 Å². The van der Waals surface area contributed by atoms with Crippen LogP contribution in [0.25, 0.3) is 0 Å². The SMILES string of the molecule is CCCCC[Si]1CCC(CCc2cc(F)c(OCC(F)F)c(F)c2)CC1. The standard InChI is InChI=1S/C20H29F4OSi/c1-2-3-4-9-26-10-7-15(8-11-26)5-6-16-12-17(21)20(18(22)13-16)25-14-19(23)24/h12-13,15,19H,2-11,14H2,1H3. The van der Waals surface area contributed by atoms with Gasteiger partial charge in [-0.1, -0.05) is 57.2 Å². The van der Waals surface area contributed by atoms with Crippen LogP contribution in [0.1, 0.15) is 51.0 Å². The maximum atomic E-state index is 13.9. The van der Waals surface area contributed by atoms with Gasteiger partial charge >= 0.3 is 0 Å². The molecule has 0 unspecified atom stereocenters. The summed E-state index contributed by atoms with van der Waals surface area (Å²) in [5, 5.41) is 0. The lowest BCUT2D eigenvalue weighted by atomic mass is 9.94. The number of ether oxygens (including phenoxy) is 1. The fourth-order valence-electron chi connectivity index (χ4n) is 3.66. The molecule has 1 aliphatic heterocycles. The van der Waals surface area contributed by atoms with E-state index in [4.69, 9.17) is 0 Å². The molecule has 1 radical (unpaired) electrons. The molecule has 1 heterocycles. The van der Waals surface area contributed by atoms with Crippen LogP contribution in [0.2, 0.25) is 18.1 Å². The number of alkyl halides is 2. The number of benzene rings is 1. The minimum atomic E-state index is -2.76. The van der Waals surface area contributed by atoms with E-state index in [9.17, 15) is 17.6 Å². The predicted molar refractivity (Wildman–Crippen MR) is 98.6 cm³/mol. The van der Waals surface area contributed by atoms with Crippen molar-refractivity contribution in [1.29, 1.82) is 0 Å². The van der Waals surface area contributed by atoms with Crippen molar-refractivity contribution in [3.63, 3.8) is 0 Å². The molecule has 0 bridgehead atoms. The monoisotopic (exact) mass is 389 g/mol. The van der Waals surface area contributed by atoms with E-state index in [1.807, 2.05) is 0 Å². The Hall–Kier alpha value is -1.04. The second-order valence-electron chi connectivity index (χ2n) is 7.28. The van der Waals surface area contributed by atoms with Crippen molar-refractivity contribution < 1.29 is 22.3 Å². The van der Waals surface area contributed by atoms with Crippen molar-refractivity contribution in [2.45, 2.75) is 76.4 Å². The summed E-state index contributed by atoms with van der Waals surface area (Å²) < 4.78 is 56.6. The second kappa shape index (κ2) is 10.9. The normalized spacial score (nSPS) is 16.4. The molecule has 0 aliphatic carbocycles. The van der Waals surface area contributed by atoms with Crippen LogP contribution in [0.3, 0.4) is 0 Å². The van der Waals surface area contributed by atoms with Crippen molar-refractivity contribution in [3.8, 4) is 5.75 Å². The van der Waals surface area contributed by atoms with E-state index in [2.05, 4.69) is 11.7 Å². The lowest BCUT2D eigenvalue weighted by molar-refractivity contribution is 0.0777. The Morgan fingerprint density at radius 1 is 1.12 bits per heavy atom. The summed E-state index contributed by atoms with van der Waals surface area (Å²) in [6.45, 7) is 1.23. The van der Waals surface area contributed by atoms with Gasteiger partial charge in [0.1, 0.15) is 6.61 Å². The minimum absolute atomic E-state index is 0.165. The Labute approximate surface area is 155 Å². The molecule has 0 aromatic heterocycles. The number of hydrogen-bond donors (Lipinski definition) is 0. The highest BCUT2D eigenvalue weighted by Gasteiger charge is 2.22. The molecule has 0 spiro atoms. The van der Waals surface area contributed by atoms with Gasteiger partial charge in [-0.2, -0.15) is 0 Å². The molecule has 1 saturated heterocycles. The zero-order valence-electron chi connectivity index (χ0n) is 15.5. The van der Waals surface area contributed by atoms with E-state index in [0.717, 1.165) is 6.42 Å². The van der Waals surface area contributed by atoms with Gasteiger partial charge in [-0.3, -0.25) is 0 Å². The number of aryl methyl sites for hydroxylation is 1. The second-order valence-corrected chi connectivity index (χ2v) is 10.3. The molecular formula is C20H29F4OSi. The molecule has 1 aliphatic rings. The first-order valence-corrected chi connectivity index (χ1v) is 11.8. The fourth-order valence-corrected chi connectivity index (χ4v) is 6.79. The molecule has 1 fully saturated rings. The predicted octanol–water partition coefficient (Wildman–Crippen LogP) is 6.64. The maximum absolute atomic E-state index is 13.9. The van der Waals surface area contributed by atoms with Crippen LogP contribution >= 0.6 is 0 Å². The van der Waals surface area contributed by atoms with E-state index in [0.29, 0.717) is 17.9 Å². The highest BCUT2D eigenvalue weighted by Crippen LogP contribution is 2.32. The van der Waals surface area contributed by atoms with Crippen LogP contribution in [0.5, 0.6) is 5.75 Å². The molecule has 1 nitrogen and oxygen atoms in total. The zero-order valence-corrected chi connectivity index (χ0v) is 16.5. The van der Waals surface area contributed by atoms with Gasteiger partial charge in [0, 0.05) is 8.80 Å². The average Bonchev–Trinajstić information content (AvgIpc) is 2.60. The summed E-state index contributed by atoms with van der Waals surface area (Å²) in [4.78, 5) is 0. The van der Waals surface area contributed by atoms with Crippen molar-refractivity contribution in [2.24, 2.45) is 5.92 Å². The van der Waals surface area contributed by atoms with Crippen LogP contribution in [-0.4, -0.2) is 21.8 Å². The van der Waals surface area contributed by atoms with Gasteiger partial charge in [-0.15, -0.1) is 0 Å². The lowest BCUT2D eigenvalue weighted by Gasteiger charge is -2.27. The molecular weight excluding hydrogens is 360 g/mol. The summed E-state index contributed by atoms with van der Waals surface area (Å²) in [6, 6.07) is 6.59. The van der Waals surface area contributed by atoms with Gasteiger partial charge in [0.05, 0.1) is 0 Å². The highest BCUT2D eigenvalue weighted by molar-refractivity contribution is 6.58. The fraction of sp³-hybridized carbons (Fsp3) is 0.700. The molecule has 147 valence electrons. The van der Waals surface area contributed by atoms with Crippen LogP contribution in [-0.2, 0) is 6.42 Å². The van der Waals surface area contributed by atoms with Crippen LogP contribution in [0, 0.1) is 17.6 Å². The third kappa shape index (κ3) is 6.93. The molecule has 0 N–H and O–H groups in total. The van der Waals surface area contributed by atoms with E-state index in [-0.39, 0.29) is 8.80 Å². The Balaban J connectivity index is 1.78. The summed E-state index contributed by atoms with van der Waals surface area (Å²) in [5.74, 6) is -1.86. The van der Waals surface area contributed by atoms with E-state index < -0.39 is 30.4 Å². The van der Waals surface area contributed by atoms with E-state index in [1.165, 1.54) is 62.4 Å². The molecule has 0 saturated carbocycles. The Bertz CT molecular complexity index is 522. The van der Waals surface area contributed by atoms with Crippen LogP contribution in [0.15, 0.2) is 12.1 Å². The maximum Gasteiger partial charge on any atom is 0.272 e. The highest BCUT2D eigenvalue weighted by atomic mass is 28.3. The number of unbranched alkanes of at least 4 members (excludes halogenated alkanes) is 2. The Morgan fingerprint density at radius 2 is 1.77 bits per heavy atom. The first kappa shape index (κ1) is 21.3. The van der Waals surface area contributed by atoms with Gasteiger partial charge in [0.2, 0.25) is 0 Å². The lowest BCUT2D eigenvalue weighted by Crippen LogP contribution is -2.21. The first-order valence-electron chi connectivity index (χ1n) is 9.72. The first-order chi connectivity index (χ1) is 12.5. The quantitative estimate of drug-likeness (QED) is 0.248. The number of rotatable bonds is 10. The third-order valence-electron chi connectivity index (χ3n) is 5.20. The van der Waals surface area contributed by atoms with Gasteiger partial charge in [-0.25, -0.2) is 17.6 Å². The van der Waals surface area contributed by atoms with Gasteiger partial charge in [0.25, 0.3) is 6.43 Å². The molecule has 2 rings (SSSR count). The van der Waals surface area contributed by atoms with Crippen molar-refractivity contribution in [1.82, 2.24) is 0 Å². The number of hydrogen-bond acceptors (Lipinski definition) is 1. The smallest absolute Gasteiger partial charge is 0.272 e. The Kier molecular flexibility index (Phi) is 8.95. The summed E-state index contributed by atoms with van der Waals surface area (Å²) in [5.41, 5.74) is 0.573. The molecule has 1 aromatic rings. The van der Waals surface area contributed by atoms with Crippen LogP contribution in [0.4, 0.5) is 17.6 Å². The largest absolute Gasteiger partial charge is 0.482 e. The van der Waals surface area contributed by atoms with Crippen molar-refractivity contribution in [3.05, 3.63) is 29.3 Å². The molecule has 1 aromatic carbocycles. The molecule has 0 amide bonds. The zero-order chi connectivity index (χ0) is 18.9. The van der Waals surface area contributed by atoms with Crippen molar-refractivity contribution >= 4 is 8.80 Å². The van der Waals surface area contributed by atoms with Crippen LogP contribution < -0.4 is 4.74 Å². The average molecular weight is 390 g/mol. The van der Waals surface area contributed by atoms with Crippen molar-refractivity contribution in [2.75, 3.05) is 6.61 Å². The van der Waals surface area contributed by atoms with Gasteiger partial charge in [-0.05, 0) is 36.5 Å². The summed E-state index contributed by atoms with van der Waals surface area (Å²) >= 11 is 0. The van der Waals surface area contributed by atoms with Gasteiger partial charge in [0.15, 0.2) is 17.4 Å². The van der Waals surface area contributed by atoms with Gasteiger partial charge < -0.3 is 4.74 Å². The molecule has 6 heteroatoms. The molecule has 0 atom stereocenters. The minimum Gasteiger partial charge on any atom is -0.482 e. The summed E-state index contributed by atoms with van der Waals surface area (Å²) in [6.07, 6.45) is 5.25. The summed E-state index contributed by atoms with van der Waals surface area (Å²) in [7, 11) is -0.165. The topological polar surface area (TPSA) is 9.23 Å². The number of halogens is 4. The van der Waals surface area contributed by atoms with E-state index in [1.54, 1.807) is 0 Å². The Morgan fingerprint density at radius 3 is 2.35 bits per heavy atom. The molecule has 26 heavy (non-hydrogen) atoms.